The van der Waals surface area contributed by atoms with Crippen LogP contribution in [0.3, 0.4) is 0 Å². The van der Waals surface area contributed by atoms with Crippen molar-refractivity contribution in [2.75, 3.05) is 13.1 Å². The van der Waals surface area contributed by atoms with Crippen LogP contribution in [0.25, 0.3) is 11.4 Å². The molecule has 0 N–H and O–H groups in total. The molecule has 0 saturated carbocycles. The highest BCUT2D eigenvalue weighted by Gasteiger charge is 2.32. The van der Waals surface area contributed by atoms with Crippen molar-refractivity contribution in [2.45, 2.75) is 30.6 Å². The lowest BCUT2D eigenvalue weighted by Gasteiger charge is -2.29. The second-order valence-corrected chi connectivity index (χ2v) is 10.3. The van der Waals surface area contributed by atoms with Gasteiger partial charge in [-0.3, -0.25) is 0 Å². The van der Waals surface area contributed by atoms with Crippen LogP contribution < -0.4 is 4.74 Å². The van der Waals surface area contributed by atoms with Gasteiger partial charge >= 0.3 is 0 Å². The van der Waals surface area contributed by atoms with Crippen LogP contribution in [0.15, 0.2) is 88.3 Å². The predicted molar refractivity (Wildman–Crippen MR) is 128 cm³/mol. The van der Waals surface area contributed by atoms with Gasteiger partial charge in [0.2, 0.25) is 21.7 Å². The monoisotopic (exact) mass is 475 g/mol. The van der Waals surface area contributed by atoms with Crippen LogP contribution in [0.2, 0.25) is 0 Å². The second kappa shape index (κ2) is 9.40. The van der Waals surface area contributed by atoms with Crippen LogP contribution in [-0.4, -0.2) is 36.0 Å². The molecular weight excluding hydrogens is 450 g/mol. The number of hydrogen-bond acceptors (Lipinski definition) is 6. The normalized spacial score (nSPS) is 15.3. The summed E-state index contributed by atoms with van der Waals surface area (Å²) >= 11 is 0. The van der Waals surface area contributed by atoms with E-state index in [4.69, 9.17) is 9.26 Å². The van der Waals surface area contributed by atoms with E-state index in [0.29, 0.717) is 42.5 Å². The summed E-state index contributed by atoms with van der Waals surface area (Å²) < 4.78 is 38.8. The van der Waals surface area contributed by atoms with Crippen molar-refractivity contribution in [3.05, 3.63) is 90.3 Å². The van der Waals surface area contributed by atoms with E-state index in [1.54, 1.807) is 12.1 Å². The molecule has 1 aliphatic heterocycles. The third kappa shape index (κ3) is 4.73. The number of sulfonamides is 1. The molecule has 1 aliphatic rings. The molecule has 174 valence electrons. The third-order valence-corrected chi connectivity index (χ3v) is 7.91. The third-order valence-electron chi connectivity index (χ3n) is 6.00. The first-order chi connectivity index (χ1) is 16.5. The SMILES string of the molecule is Cc1ccc(S(=O)(=O)N2CCC(c3nc(-c4ccc(Oc5ccccc5)cc4)no3)CC2)cc1. The summed E-state index contributed by atoms with van der Waals surface area (Å²) in [6.07, 6.45) is 1.27. The van der Waals surface area contributed by atoms with E-state index in [-0.39, 0.29) is 5.92 Å². The largest absolute Gasteiger partial charge is 0.457 e. The zero-order valence-corrected chi connectivity index (χ0v) is 19.6. The van der Waals surface area contributed by atoms with Crippen molar-refractivity contribution < 1.29 is 17.7 Å². The molecule has 0 amide bonds. The molecule has 1 aromatic heterocycles. The summed E-state index contributed by atoms with van der Waals surface area (Å²) in [6, 6.07) is 24.1. The highest BCUT2D eigenvalue weighted by atomic mass is 32.2. The summed E-state index contributed by atoms with van der Waals surface area (Å²) in [5.41, 5.74) is 1.86. The fraction of sp³-hybridized carbons (Fsp3) is 0.231. The van der Waals surface area contributed by atoms with Crippen LogP contribution in [0.5, 0.6) is 11.5 Å². The molecule has 0 atom stereocenters. The Bertz CT molecular complexity index is 1340. The van der Waals surface area contributed by atoms with E-state index in [1.807, 2.05) is 73.7 Å². The van der Waals surface area contributed by atoms with Gasteiger partial charge in [-0.05, 0) is 68.3 Å². The Hall–Kier alpha value is -3.49. The molecular formula is C26H25N3O4S. The van der Waals surface area contributed by atoms with Gasteiger partial charge in [0.05, 0.1) is 4.90 Å². The van der Waals surface area contributed by atoms with E-state index in [9.17, 15) is 8.42 Å². The van der Waals surface area contributed by atoms with Crippen LogP contribution in [0.1, 0.15) is 30.2 Å². The fourth-order valence-corrected chi connectivity index (χ4v) is 5.49. The molecule has 1 saturated heterocycles. The van der Waals surface area contributed by atoms with Crippen molar-refractivity contribution in [1.82, 2.24) is 14.4 Å². The molecule has 0 unspecified atom stereocenters. The Labute approximate surface area is 199 Å². The van der Waals surface area contributed by atoms with Gasteiger partial charge in [0.1, 0.15) is 11.5 Å². The number of aromatic nitrogens is 2. The highest BCUT2D eigenvalue weighted by Crippen LogP contribution is 2.31. The lowest BCUT2D eigenvalue weighted by atomic mass is 9.98. The maximum Gasteiger partial charge on any atom is 0.243 e. The average molecular weight is 476 g/mol. The average Bonchev–Trinajstić information content (AvgIpc) is 3.36. The number of nitrogens with zero attached hydrogens (tertiary/aromatic N) is 3. The topological polar surface area (TPSA) is 85.5 Å². The molecule has 8 heteroatoms. The summed E-state index contributed by atoms with van der Waals surface area (Å²) in [5, 5.41) is 4.14. The molecule has 1 fully saturated rings. The summed E-state index contributed by atoms with van der Waals surface area (Å²) in [6.45, 7) is 2.78. The number of piperidine rings is 1. The van der Waals surface area contributed by atoms with Gasteiger partial charge in [0.25, 0.3) is 0 Å². The number of aryl methyl sites for hydroxylation is 1. The van der Waals surface area contributed by atoms with Crippen molar-refractivity contribution in [3.8, 4) is 22.9 Å². The summed E-state index contributed by atoms with van der Waals surface area (Å²) in [7, 11) is -3.49. The number of ether oxygens (including phenoxy) is 1. The summed E-state index contributed by atoms with van der Waals surface area (Å²) in [5.74, 6) is 2.59. The van der Waals surface area contributed by atoms with Crippen LogP contribution in [0.4, 0.5) is 0 Å². The number of rotatable bonds is 6. The quantitative estimate of drug-likeness (QED) is 0.371. The number of para-hydroxylation sites is 1. The minimum atomic E-state index is -3.49. The van der Waals surface area contributed by atoms with Crippen LogP contribution >= 0.6 is 0 Å². The van der Waals surface area contributed by atoms with Gasteiger partial charge < -0.3 is 9.26 Å². The van der Waals surface area contributed by atoms with Gasteiger partial charge in [-0.1, -0.05) is 41.1 Å². The van der Waals surface area contributed by atoms with Crippen LogP contribution in [-0.2, 0) is 10.0 Å². The molecule has 34 heavy (non-hydrogen) atoms. The molecule has 4 aromatic rings. The van der Waals surface area contributed by atoms with Gasteiger partial charge in [0, 0.05) is 24.6 Å². The zero-order valence-electron chi connectivity index (χ0n) is 18.8. The smallest absolute Gasteiger partial charge is 0.243 e. The Balaban J connectivity index is 1.22. The van der Waals surface area contributed by atoms with Gasteiger partial charge in [-0.2, -0.15) is 9.29 Å². The van der Waals surface area contributed by atoms with Crippen molar-refractivity contribution in [2.24, 2.45) is 0 Å². The maximum atomic E-state index is 12.9. The first kappa shape index (κ1) is 22.3. The fourth-order valence-electron chi connectivity index (χ4n) is 4.02. The standard InChI is InChI=1S/C26H25N3O4S/c1-19-7-13-24(14-8-19)34(30,31)29-17-15-21(16-18-29)26-27-25(28-33-26)20-9-11-23(12-10-20)32-22-5-3-2-4-6-22/h2-14,21H,15-18H2,1H3. The first-order valence-corrected chi connectivity index (χ1v) is 12.7. The number of benzene rings is 3. The molecule has 0 spiro atoms. The maximum absolute atomic E-state index is 12.9. The Morgan fingerprint density at radius 1 is 0.882 bits per heavy atom. The minimum Gasteiger partial charge on any atom is -0.457 e. The molecule has 3 aromatic carbocycles. The Morgan fingerprint density at radius 2 is 1.53 bits per heavy atom. The zero-order chi connectivity index (χ0) is 23.5. The van der Waals surface area contributed by atoms with E-state index >= 15 is 0 Å². The molecule has 2 heterocycles. The van der Waals surface area contributed by atoms with Crippen molar-refractivity contribution in [1.29, 1.82) is 0 Å². The van der Waals surface area contributed by atoms with Gasteiger partial charge in [0.15, 0.2) is 0 Å². The first-order valence-electron chi connectivity index (χ1n) is 11.2. The van der Waals surface area contributed by atoms with Crippen molar-refractivity contribution >= 4 is 10.0 Å². The molecule has 0 aliphatic carbocycles. The molecule has 0 radical (unpaired) electrons. The highest BCUT2D eigenvalue weighted by molar-refractivity contribution is 7.89. The molecule has 5 rings (SSSR count). The van der Waals surface area contributed by atoms with E-state index in [2.05, 4.69) is 10.1 Å². The van der Waals surface area contributed by atoms with E-state index in [0.717, 1.165) is 22.6 Å². The predicted octanol–water partition coefficient (Wildman–Crippen LogP) is 5.41. The lowest BCUT2D eigenvalue weighted by molar-refractivity contribution is 0.271. The Morgan fingerprint density at radius 3 is 2.21 bits per heavy atom. The number of hydrogen-bond donors (Lipinski definition) is 0. The van der Waals surface area contributed by atoms with Gasteiger partial charge in [-0.15, -0.1) is 0 Å². The Kier molecular flexibility index (Phi) is 6.17. The van der Waals surface area contributed by atoms with E-state index in [1.165, 1.54) is 4.31 Å². The van der Waals surface area contributed by atoms with Gasteiger partial charge in [-0.25, -0.2) is 8.42 Å². The minimum absolute atomic E-state index is 0.0337. The summed E-state index contributed by atoms with van der Waals surface area (Å²) in [4.78, 5) is 4.92. The van der Waals surface area contributed by atoms with Crippen LogP contribution in [0, 0.1) is 6.92 Å². The second-order valence-electron chi connectivity index (χ2n) is 8.39. The van der Waals surface area contributed by atoms with E-state index < -0.39 is 10.0 Å². The van der Waals surface area contributed by atoms with Crippen molar-refractivity contribution in [3.63, 3.8) is 0 Å². The lowest BCUT2D eigenvalue weighted by Crippen LogP contribution is -2.37. The molecule has 7 nitrogen and oxygen atoms in total. The molecule has 0 bridgehead atoms.